The van der Waals surface area contributed by atoms with Crippen LogP contribution in [0.15, 0.2) is 4.99 Å². The molecule has 4 rings (SSSR count). The predicted molar refractivity (Wildman–Crippen MR) is 120 cm³/mol. The van der Waals surface area contributed by atoms with Crippen LogP contribution in [0.4, 0.5) is 0 Å². The lowest BCUT2D eigenvalue weighted by Gasteiger charge is -2.38. The lowest BCUT2D eigenvalue weighted by molar-refractivity contribution is 0.0388. The van der Waals surface area contributed by atoms with Crippen LogP contribution in [0.1, 0.15) is 37.3 Å². The van der Waals surface area contributed by atoms with E-state index in [0.29, 0.717) is 12.0 Å². The Hall–Kier alpha value is -0.940. The minimum atomic E-state index is 0. The first-order valence-corrected chi connectivity index (χ1v) is 10.3. The minimum Gasteiger partial charge on any atom is -0.379 e. The van der Waals surface area contributed by atoms with Crippen LogP contribution in [0.3, 0.4) is 0 Å². The van der Waals surface area contributed by atoms with Crippen molar-refractivity contribution in [3.8, 4) is 0 Å². The van der Waals surface area contributed by atoms with Gasteiger partial charge in [0, 0.05) is 46.3 Å². The van der Waals surface area contributed by atoms with Crippen LogP contribution in [0, 0.1) is 12.3 Å². The van der Waals surface area contributed by atoms with E-state index >= 15 is 0 Å². The first kappa shape index (κ1) is 21.8. The molecule has 0 radical (unpaired) electrons. The molecule has 2 aliphatic heterocycles. The van der Waals surface area contributed by atoms with Gasteiger partial charge in [0.15, 0.2) is 11.8 Å². The number of morpholine rings is 1. The fourth-order valence-corrected chi connectivity index (χ4v) is 4.35. The van der Waals surface area contributed by atoms with Gasteiger partial charge in [0.25, 0.3) is 0 Å². The molecule has 3 aliphatic rings. The Bertz CT molecular complexity index is 667. The summed E-state index contributed by atoms with van der Waals surface area (Å²) in [5, 5.41) is 12.0. The summed E-state index contributed by atoms with van der Waals surface area (Å²) in [7, 11) is 2.00. The SMILES string of the molecule is Cc1nnc(CN=C(NCCN2CCOCC2)N2CCC3(CCC3)C2)n1C.I. The number of likely N-dealkylation sites (tertiary alicyclic amines) is 1. The summed E-state index contributed by atoms with van der Waals surface area (Å²) in [5.41, 5.74) is 0.564. The van der Waals surface area contributed by atoms with Crippen LogP contribution >= 0.6 is 24.0 Å². The quantitative estimate of drug-likeness (QED) is 0.372. The van der Waals surface area contributed by atoms with Gasteiger partial charge in [0.2, 0.25) is 0 Å². The van der Waals surface area contributed by atoms with Crippen molar-refractivity contribution in [1.29, 1.82) is 0 Å². The molecule has 1 aromatic heterocycles. The highest BCUT2D eigenvalue weighted by Gasteiger charge is 2.43. The van der Waals surface area contributed by atoms with Crippen molar-refractivity contribution in [2.75, 3.05) is 52.5 Å². The summed E-state index contributed by atoms with van der Waals surface area (Å²) in [5.74, 6) is 2.88. The van der Waals surface area contributed by atoms with Crippen molar-refractivity contribution in [2.24, 2.45) is 17.5 Å². The molecule has 1 spiro atoms. The summed E-state index contributed by atoms with van der Waals surface area (Å²) in [4.78, 5) is 9.84. The van der Waals surface area contributed by atoms with E-state index in [1.54, 1.807) is 0 Å². The largest absolute Gasteiger partial charge is 0.379 e. The summed E-state index contributed by atoms with van der Waals surface area (Å²) < 4.78 is 7.46. The Labute approximate surface area is 185 Å². The topological polar surface area (TPSA) is 70.8 Å². The molecule has 9 heteroatoms. The maximum atomic E-state index is 5.44. The number of nitrogens with one attached hydrogen (secondary N) is 1. The van der Waals surface area contributed by atoms with Crippen LogP contribution in [-0.2, 0) is 18.3 Å². The average Bonchev–Trinajstić information content (AvgIpc) is 3.24. The Morgan fingerprint density at radius 2 is 1.96 bits per heavy atom. The van der Waals surface area contributed by atoms with Crippen molar-refractivity contribution in [2.45, 2.75) is 39.2 Å². The molecule has 2 saturated heterocycles. The highest BCUT2D eigenvalue weighted by Crippen LogP contribution is 2.47. The number of aryl methyl sites for hydroxylation is 1. The van der Waals surface area contributed by atoms with Gasteiger partial charge < -0.3 is 19.5 Å². The van der Waals surface area contributed by atoms with Gasteiger partial charge >= 0.3 is 0 Å². The molecule has 28 heavy (non-hydrogen) atoms. The highest BCUT2D eigenvalue weighted by atomic mass is 127. The van der Waals surface area contributed by atoms with Crippen molar-refractivity contribution >= 4 is 29.9 Å². The van der Waals surface area contributed by atoms with E-state index in [2.05, 4.69) is 25.3 Å². The third kappa shape index (κ3) is 4.96. The molecule has 0 aromatic carbocycles. The second-order valence-electron chi connectivity index (χ2n) is 8.27. The molecule has 1 aliphatic carbocycles. The molecular formula is C19H34IN7O. The monoisotopic (exact) mass is 503 g/mol. The minimum absolute atomic E-state index is 0. The number of halogens is 1. The molecule has 0 unspecified atom stereocenters. The van der Waals surface area contributed by atoms with E-state index in [-0.39, 0.29) is 24.0 Å². The van der Waals surface area contributed by atoms with E-state index in [1.165, 1.54) is 25.7 Å². The number of hydrogen-bond acceptors (Lipinski definition) is 5. The van der Waals surface area contributed by atoms with E-state index in [9.17, 15) is 0 Å². The number of ether oxygens (including phenoxy) is 1. The average molecular weight is 503 g/mol. The molecule has 3 fully saturated rings. The van der Waals surface area contributed by atoms with Crippen molar-refractivity contribution in [3.05, 3.63) is 11.6 Å². The second-order valence-corrected chi connectivity index (χ2v) is 8.27. The fraction of sp³-hybridized carbons (Fsp3) is 0.842. The first-order valence-electron chi connectivity index (χ1n) is 10.3. The van der Waals surface area contributed by atoms with E-state index in [0.717, 1.165) is 70.1 Å². The normalized spacial score (nSPS) is 22.2. The van der Waals surface area contributed by atoms with Crippen molar-refractivity contribution < 1.29 is 4.74 Å². The Morgan fingerprint density at radius 3 is 2.57 bits per heavy atom. The Balaban J connectivity index is 0.00000225. The van der Waals surface area contributed by atoms with Gasteiger partial charge in [-0.05, 0) is 31.6 Å². The Kier molecular flexibility index (Phi) is 7.54. The van der Waals surface area contributed by atoms with Gasteiger partial charge in [-0.3, -0.25) is 4.90 Å². The molecule has 158 valence electrons. The zero-order chi connectivity index (χ0) is 18.7. The zero-order valence-electron chi connectivity index (χ0n) is 17.2. The summed E-state index contributed by atoms with van der Waals surface area (Å²) in [6.07, 6.45) is 5.46. The molecule has 8 nitrogen and oxygen atoms in total. The van der Waals surface area contributed by atoms with Crippen molar-refractivity contribution in [3.63, 3.8) is 0 Å². The molecule has 0 atom stereocenters. The number of guanidine groups is 1. The van der Waals surface area contributed by atoms with Crippen LogP contribution in [-0.4, -0.2) is 83.0 Å². The van der Waals surface area contributed by atoms with Gasteiger partial charge in [0.05, 0.1) is 13.2 Å². The maximum Gasteiger partial charge on any atom is 0.194 e. The van der Waals surface area contributed by atoms with Crippen LogP contribution in [0.2, 0.25) is 0 Å². The van der Waals surface area contributed by atoms with Gasteiger partial charge in [0.1, 0.15) is 12.4 Å². The lowest BCUT2D eigenvalue weighted by Crippen LogP contribution is -2.46. The fourth-order valence-electron chi connectivity index (χ4n) is 4.35. The molecule has 3 heterocycles. The predicted octanol–water partition coefficient (Wildman–Crippen LogP) is 1.40. The van der Waals surface area contributed by atoms with Gasteiger partial charge in [-0.2, -0.15) is 0 Å². The third-order valence-electron chi connectivity index (χ3n) is 6.52. The molecule has 1 aromatic rings. The molecule has 0 amide bonds. The third-order valence-corrected chi connectivity index (χ3v) is 6.52. The second kappa shape index (κ2) is 9.71. The van der Waals surface area contributed by atoms with Crippen molar-refractivity contribution in [1.82, 2.24) is 29.9 Å². The van der Waals surface area contributed by atoms with E-state index in [1.807, 2.05) is 18.5 Å². The van der Waals surface area contributed by atoms with Gasteiger partial charge in [-0.1, -0.05) is 6.42 Å². The number of nitrogens with zero attached hydrogens (tertiary/aromatic N) is 6. The summed E-state index contributed by atoms with van der Waals surface area (Å²) >= 11 is 0. The highest BCUT2D eigenvalue weighted by molar-refractivity contribution is 14.0. The van der Waals surface area contributed by atoms with Gasteiger partial charge in [-0.15, -0.1) is 34.2 Å². The van der Waals surface area contributed by atoms with E-state index in [4.69, 9.17) is 9.73 Å². The number of aromatic nitrogens is 3. The molecule has 1 saturated carbocycles. The van der Waals surface area contributed by atoms with Gasteiger partial charge in [-0.25, -0.2) is 4.99 Å². The van der Waals surface area contributed by atoms with E-state index < -0.39 is 0 Å². The lowest BCUT2D eigenvalue weighted by atomic mass is 9.68. The first-order chi connectivity index (χ1) is 13.2. The van der Waals surface area contributed by atoms with Crippen LogP contribution < -0.4 is 5.32 Å². The zero-order valence-corrected chi connectivity index (χ0v) is 19.5. The van der Waals surface area contributed by atoms with Crippen LogP contribution in [0.5, 0.6) is 0 Å². The van der Waals surface area contributed by atoms with Crippen LogP contribution in [0.25, 0.3) is 0 Å². The summed E-state index contributed by atoms with van der Waals surface area (Å²) in [6, 6.07) is 0. The Morgan fingerprint density at radius 1 is 1.18 bits per heavy atom. The summed E-state index contributed by atoms with van der Waals surface area (Å²) in [6.45, 7) is 10.5. The molecule has 0 bridgehead atoms. The number of hydrogen-bond donors (Lipinski definition) is 1. The molecule has 1 N–H and O–H groups in total. The molecular weight excluding hydrogens is 469 g/mol. The number of rotatable bonds is 5. The number of aliphatic imine (C=N–C) groups is 1. The standard InChI is InChI=1S/C19H33N7O.HI/c1-16-22-23-17(24(16)2)14-21-18(20-7-9-25-10-12-27-13-11-25)26-8-6-19(15-26)4-3-5-19;/h3-15H2,1-2H3,(H,20,21);1H. The smallest absolute Gasteiger partial charge is 0.194 e. The maximum absolute atomic E-state index is 5.44.